The first-order valence-electron chi connectivity index (χ1n) is 7.64. The highest BCUT2D eigenvalue weighted by Crippen LogP contribution is 2.07. The van der Waals surface area contributed by atoms with Gasteiger partial charge in [-0.1, -0.05) is 48.5 Å². The second-order valence-corrected chi connectivity index (χ2v) is 4.68. The lowest BCUT2D eigenvalue weighted by atomic mass is 10.1. The van der Waals surface area contributed by atoms with E-state index in [0.717, 1.165) is 5.56 Å². The van der Waals surface area contributed by atoms with Crippen molar-refractivity contribution in [2.24, 2.45) is 0 Å². The van der Waals surface area contributed by atoms with E-state index in [9.17, 15) is 9.59 Å². The van der Waals surface area contributed by atoms with Gasteiger partial charge in [0.15, 0.2) is 0 Å². The van der Waals surface area contributed by atoms with Gasteiger partial charge in [0.1, 0.15) is 6.02 Å². The molecule has 0 heterocycles. The lowest BCUT2D eigenvalue weighted by molar-refractivity contribution is -0.145. The molecule has 1 amide bonds. The Morgan fingerprint density at radius 2 is 1.68 bits per heavy atom. The number of amides is 1. The first-order chi connectivity index (χ1) is 11.0. The average molecular weight is 298 g/mol. The van der Waals surface area contributed by atoms with E-state index in [0.29, 0.717) is 5.56 Å². The summed E-state index contributed by atoms with van der Waals surface area (Å²) in [6.45, 7) is 1.81. The minimum Gasteiger partial charge on any atom is -0.464 e. The number of carbonyl (C=O) groups is 2. The largest absolute Gasteiger partial charge is 0.464 e. The van der Waals surface area contributed by atoms with Crippen molar-refractivity contribution in [3.63, 3.8) is 0 Å². The molecule has 0 spiro atoms. The van der Waals surface area contributed by atoms with Crippen molar-refractivity contribution in [3.8, 4) is 0 Å². The summed E-state index contributed by atoms with van der Waals surface area (Å²) in [7, 11) is 0. The first kappa shape index (κ1) is 14.3. The van der Waals surface area contributed by atoms with E-state index < -0.39 is 17.9 Å². The molecule has 0 aliphatic carbocycles. The van der Waals surface area contributed by atoms with Crippen LogP contribution in [0.15, 0.2) is 60.7 Å². The molecular formula is C18H19NO3. The lowest BCUT2D eigenvalue weighted by Gasteiger charge is -2.17. The fourth-order valence-corrected chi connectivity index (χ4v) is 1.98. The summed E-state index contributed by atoms with van der Waals surface area (Å²) in [6, 6.07) is 15.7. The van der Waals surface area contributed by atoms with Crippen LogP contribution in [0.1, 0.15) is 24.2 Å². The minimum atomic E-state index is -1.87. The number of hydrogen-bond donors (Lipinski definition) is 1. The van der Waals surface area contributed by atoms with Gasteiger partial charge in [-0.05, 0) is 24.6 Å². The molecule has 0 saturated heterocycles. The highest BCUT2D eigenvalue weighted by Gasteiger charge is 2.22. The van der Waals surface area contributed by atoms with Crippen LogP contribution in [0, 0.1) is 0 Å². The quantitative estimate of drug-likeness (QED) is 0.834. The maximum Gasteiger partial charge on any atom is 0.328 e. The SMILES string of the molecule is [2H][C@@](Cc1ccccc1)(NC(=O)c1ccccc1)C(=O)OCC. The van der Waals surface area contributed by atoms with Gasteiger partial charge in [-0.2, -0.15) is 0 Å². The van der Waals surface area contributed by atoms with Crippen LogP contribution in [-0.4, -0.2) is 24.5 Å². The van der Waals surface area contributed by atoms with Crippen LogP contribution >= 0.6 is 0 Å². The molecule has 0 aromatic heterocycles. The van der Waals surface area contributed by atoms with Gasteiger partial charge in [-0.15, -0.1) is 0 Å². The monoisotopic (exact) mass is 298 g/mol. The maximum atomic E-state index is 12.3. The zero-order valence-electron chi connectivity index (χ0n) is 13.4. The molecule has 2 aromatic carbocycles. The molecule has 114 valence electrons. The molecule has 0 bridgehead atoms. The molecular weight excluding hydrogens is 278 g/mol. The Labute approximate surface area is 131 Å². The van der Waals surface area contributed by atoms with E-state index in [1.165, 1.54) is 0 Å². The van der Waals surface area contributed by atoms with Crippen LogP contribution in [-0.2, 0) is 16.0 Å². The van der Waals surface area contributed by atoms with E-state index in [4.69, 9.17) is 6.11 Å². The number of hydrogen-bond acceptors (Lipinski definition) is 3. The van der Waals surface area contributed by atoms with Crippen molar-refractivity contribution >= 4 is 11.9 Å². The molecule has 1 N–H and O–H groups in total. The van der Waals surface area contributed by atoms with Crippen LogP contribution in [0.3, 0.4) is 0 Å². The highest BCUT2D eigenvalue weighted by molar-refractivity contribution is 5.96. The van der Waals surface area contributed by atoms with E-state index >= 15 is 0 Å². The molecule has 4 heteroatoms. The zero-order valence-corrected chi connectivity index (χ0v) is 12.4. The van der Waals surface area contributed by atoms with Gasteiger partial charge in [-0.3, -0.25) is 4.79 Å². The van der Waals surface area contributed by atoms with Gasteiger partial charge in [0, 0.05) is 12.0 Å². The lowest BCUT2D eigenvalue weighted by Crippen LogP contribution is -2.43. The zero-order chi connectivity index (χ0) is 16.7. The first-order valence-corrected chi connectivity index (χ1v) is 7.14. The summed E-state index contributed by atoms with van der Waals surface area (Å²) in [6.07, 6.45) is 0.0330. The molecule has 0 aliphatic rings. The standard InChI is InChI=1S/C18H19NO3/c1-2-22-18(21)16(13-14-9-5-3-6-10-14)19-17(20)15-11-7-4-8-12-15/h3-12,16H,2,13H2,1H3,(H,19,20)/t16-/m0/s1/i16D. The Balaban J connectivity index is 2.23. The number of esters is 1. The molecule has 4 nitrogen and oxygen atoms in total. The summed E-state index contributed by atoms with van der Waals surface area (Å²) >= 11 is 0. The van der Waals surface area contributed by atoms with Gasteiger partial charge in [0.25, 0.3) is 5.91 Å². The number of nitrogens with one attached hydrogen (secondary N) is 1. The second-order valence-electron chi connectivity index (χ2n) is 4.68. The molecule has 0 saturated carbocycles. The van der Waals surface area contributed by atoms with Crippen LogP contribution in [0.5, 0.6) is 0 Å². The third kappa shape index (κ3) is 4.45. The van der Waals surface area contributed by atoms with Crippen LogP contribution in [0.2, 0.25) is 0 Å². The van der Waals surface area contributed by atoms with Gasteiger partial charge in [0.05, 0.1) is 7.98 Å². The van der Waals surface area contributed by atoms with Crippen LogP contribution in [0.25, 0.3) is 0 Å². The predicted octanol–water partition coefficient (Wildman–Crippen LogP) is 2.59. The van der Waals surface area contributed by atoms with Gasteiger partial charge in [0.2, 0.25) is 0 Å². The van der Waals surface area contributed by atoms with E-state index in [2.05, 4.69) is 5.32 Å². The van der Waals surface area contributed by atoms with E-state index in [-0.39, 0.29) is 13.0 Å². The summed E-state index contributed by atoms with van der Waals surface area (Å²) in [5, 5.41) is 2.50. The van der Waals surface area contributed by atoms with Crippen molar-refractivity contribution in [3.05, 3.63) is 71.8 Å². The maximum absolute atomic E-state index is 12.3. The molecule has 1 atom stereocenters. The fourth-order valence-electron chi connectivity index (χ4n) is 1.98. The van der Waals surface area contributed by atoms with Crippen LogP contribution in [0.4, 0.5) is 0 Å². The van der Waals surface area contributed by atoms with Crippen molar-refractivity contribution < 1.29 is 15.7 Å². The topological polar surface area (TPSA) is 55.4 Å². The number of carbonyl (C=O) groups excluding carboxylic acids is 2. The number of rotatable bonds is 6. The summed E-state index contributed by atoms with van der Waals surface area (Å²) in [5.74, 6) is -1.25. The molecule has 0 radical (unpaired) electrons. The van der Waals surface area contributed by atoms with Gasteiger partial charge >= 0.3 is 5.97 Å². The number of benzene rings is 2. The average Bonchev–Trinajstić information content (AvgIpc) is 2.56. The summed E-state index contributed by atoms with van der Waals surface area (Å²) < 4.78 is 13.4. The molecule has 0 aliphatic heterocycles. The summed E-state index contributed by atoms with van der Waals surface area (Å²) in [4.78, 5) is 24.5. The molecule has 22 heavy (non-hydrogen) atoms. The van der Waals surface area contributed by atoms with Gasteiger partial charge in [-0.25, -0.2) is 4.79 Å². The predicted molar refractivity (Wildman–Crippen MR) is 84.5 cm³/mol. The summed E-state index contributed by atoms with van der Waals surface area (Å²) in [5.41, 5.74) is 1.16. The second kappa shape index (κ2) is 7.98. The highest BCUT2D eigenvalue weighted by atomic mass is 16.5. The molecule has 0 unspecified atom stereocenters. The Morgan fingerprint density at radius 3 is 2.27 bits per heavy atom. The van der Waals surface area contributed by atoms with Gasteiger partial charge < -0.3 is 10.1 Å². The van der Waals surface area contributed by atoms with Crippen molar-refractivity contribution in [2.45, 2.75) is 19.4 Å². The Bertz CT molecular complexity index is 660. The minimum absolute atomic E-state index is 0.0330. The third-order valence-electron chi connectivity index (χ3n) is 3.05. The Kier molecular flexibility index (Phi) is 5.19. The molecule has 0 fully saturated rings. The van der Waals surface area contributed by atoms with E-state index in [1.807, 2.05) is 18.2 Å². The van der Waals surface area contributed by atoms with Crippen molar-refractivity contribution in [1.82, 2.24) is 5.32 Å². The molecule has 2 rings (SSSR count). The van der Waals surface area contributed by atoms with Crippen molar-refractivity contribution in [1.29, 1.82) is 0 Å². The normalized spacial score (nSPS) is 13.6. The Morgan fingerprint density at radius 1 is 1.09 bits per heavy atom. The smallest absolute Gasteiger partial charge is 0.328 e. The third-order valence-corrected chi connectivity index (χ3v) is 3.05. The van der Waals surface area contributed by atoms with Crippen LogP contribution < -0.4 is 5.32 Å². The van der Waals surface area contributed by atoms with E-state index in [1.54, 1.807) is 49.4 Å². The fraction of sp³-hybridized carbons (Fsp3) is 0.222. The Hall–Kier alpha value is -2.62. The van der Waals surface area contributed by atoms with Crippen molar-refractivity contribution in [2.75, 3.05) is 6.61 Å². The number of ether oxygens (including phenoxy) is 1. The molecule has 2 aromatic rings.